The van der Waals surface area contributed by atoms with Crippen molar-refractivity contribution in [2.24, 2.45) is 0 Å². The first-order valence-electron chi connectivity index (χ1n) is 12.4. The zero-order valence-corrected chi connectivity index (χ0v) is 21.8. The summed E-state index contributed by atoms with van der Waals surface area (Å²) in [6.45, 7) is 5.50. The van der Waals surface area contributed by atoms with Gasteiger partial charge in [0.15, 0.2) is 0 Å². The molecular formula is C26H30F6N2O3S. The van der Waals surface area contributed by atoms with Crippen LogP contribution in [0.25, 0.3) is 11.1 Å². The summed E-state index contributed by atoms with van der Waals surface area (Å²) in [4.78, 5) is 2.22. The summed E-state index contributed by atoms with van der Waals surface area (Å²) < 4.78 is 106. The van der Waals surface area contributed by atoms with Gasteiger partial charge in [-0.1, -0.05) is 49.4 Å². The summed E-state index contributed by atoms with van der Waals surface area (Å²) >= 11 is 0. The van der Waals surface area contributed by atoms with Gasteiger partial charge in [-0.25, -0.2) is 8.42 Å². The number of hydrogen-bond acceptors (Lipinski definition) is 4. The summed E-state index contributed by atoms with van der Waals surface area (Å²) in [6.07, 6.45) is -9.64. The minimum Gasteiger partial charge on any atom is -0.369 e. The average Bonchev–Trinajstić information content (AvgIpc) is 3.09. The zero-order chi connectivity index (χ0) is 28.1. The third kappa shape index (κ3) is 5.20. The smallest absolute Gasteiger partial charge is 0.369 e. The molecule has 2 aliphatic heterocycles. The lowest BCUT2D eigenvalue weighted by molar-refractivity contribution is -0.376. The largest absolute Gasteiger partial charge is 0.430 e. The fourth-order valence-electron chi connectivity index (χ4n) is 5.68. The third-order valence-electron chi connectivity index (χ3n) is 7.41. The van der Waals surface area contributed by atoms with E-state index in [2.05, 4.69) is 4.90 Å². The number of rotatable bonds is 7. The molecular weight excluding hydrogens is 534 g/mol. The van der Waals surface area contributed by atoms with Crippen LogP contribution in [0.15, 0.2) is 42.5 Å². The highest BCUT2D eigenvalue weighted by Crippen LogP contribution is 2.50. The van der Waals surface area contributed by atoms with Gasteiger partial charge in [0.05, 0.1) is 5.75 Å². The Labute approximate surface area is 218 Å². The topological polar surface area (TPSA) is 60.9 Å². The lowest BCUT2D eigenvalue weighted by atomic mass is 9.90. The molecule has 210 valence electrons. The van der Waals surface area contributed by atoms with Crippen LogP contribution in [0, 0.1) is 6.92 Å². The Morgan fingerprint density at radius 1 is 0.921 bits per heavy atom. The number of alkyl halides is 6. The van der Waals surface area contributed by atoms with Crippen molar-refractivity contribution in [2.75, 3.05) is 18.8 Å². The molecule has 0 spiro atoms. The summed E-state index contributed by atoms with van der Waals surface area (Å²) in [5, 5.41) is 9.60. The molecule has 2 heterocycles. The maximum Gasteiger partial charge on any atom is 0.430 e. The summed E-state index contributed by atoms with van der Waals surface area (Å²) in [7, 11) is -3.27. The Bertz CT molecular complexity index is 1230. The molecule has 2 aliphatic rings. The van der Waals surface area contributed by atoms with Crippen molar-refractivity contribution in [3.63, 3.8) is 0 Å². The maximum absolute atomic E-state index is 13.2. The van der Waals surface area contributed by atoms with Crippen LogP contribution in [0.2, 0.25) is 0 Å². The predicted molar refractivity (Wildman–Crippen MR) is 131 cm³/mol. The van der Waals surface area contributed by atoms with E-state index in [9.17, 15) is 39.9 Å². The molecule has 0 radical (unpaired) electrons. The van der Waals surface area contributed by atoms with Gasteiger partial charge in [0.2, 0.25) is 10.0 Å². The highest BCUT2D eigenvalue weighted by molar-refractivity contribution is 7.89. The third-order valence-corrected chi connectivity index (χ3v) is 9.57. The second-order valence-corrected chi connectivity index (χ2v) is 12.2. The molecule has 1 N–H and O–H groups in total. The second kappa shape index (κ2) is 10.1. The van der Waals surface area contributed by atoms with E-state index in [4.69, 9.17) is 0 Å². The molecule has 2 atom stereocenters. The first-order chi connectivity index (χ1) is 17.6. The number of aliphatic hydroxyl groups is 1. The summed E-state index contributed by atoms with van der Waals surface area (Å²) in [5.74, 6) is 0.146. The number of hydrogen-bond donors (Lipinski definition) is 1. The van der Waals surface area contributed by atoms with Crippen molar-refractivity contribution in [1.29, 1.82) is 0 Å². The van der Waals surface area contributed by atoms with Crippen LogP contribution < -0.4 is 0 Å². The van der Waals surface area contributed by atoms with Crippen LogP contribution in [0.5, 0.6) is 0 Å². The normalized spacial score (nSPS) is 21.7. The van der Waals surface area contributed by atoms with E-state index in [-0.39, 0.29) is 17.8 Å². The number of halogens is 6. The molecule has 4 rings (SSSR count). The van der Waals surface area contributed by atoms with Crippen LogP contribution in [0.3, 0.4) is 0 Å². The molecule has 2 bridgehead atoms. The Morgan fingerprint density at radius 3 is 1.95 bits per heavy atom. The quantitative estimate of drug-likeness (QED) is 0.460. The first-order valence-corrected chi connectivity index (χ1v) is 14.0. The van der Waals surface area contributed by atoms with Crippen molar-refractivity contribution in [3.05, 3.63) is 59.2 Å². The molecule has 2 fully saturated rings. The van der Waals surface area contributed by atoms with E-state index >= 15 is 0 Å². The number of likely N-dealkylation sites (tertiary alicyclic amines) is 1. The molecule has 0 amide bonds. The van der Waals surface area contributed by atoms with Crippen molar-refractivity contribution >= 4 is 10.0 Å². The molecule has 2 unspecified atom stereocenters. The minimum absolute atomic E-state index is 0.0452. The molecule has 38 heavy (non-hydrogen) atoms. The molecule has 2 aromatic rings. The number of fused-ring (bicyclic) bond motifs is 2. The molecule has 2 aromatic carbocycles. The van der Waals surface area contributed by atoms with Gasteiger partial charge in [0.1, 0.15) is 0 Å². The fourth-order valence-corrected chi connectivity index (χ4v) is 7.66. The number of sulfonamides is 1. The van der Waals surface area contributed by atoms with Crippen LogP contribution in [-0.2, 0) is 22.2 Å². The second-order valence-electron chi connectivity index (χ2n) is 10.2. The van der Waals surface area contributed by atoms with Crippen LogP contribution in [0.1, 0.15) is 42.9 Å². The number of benzene rings is 2. The predicted octanol–water partition coefficient (Wildman–Crippen LogP) is 5.36. The molecule has 0 saturated carbocycles. The maximum atomic E-state index is 13.2. The Kier molecular flexibility index (Phi) is 7.67. The fraction of sp³-hybridized carbons (Fsp3) is 0.538. The van der Waals surface area contributed by atoms with Gasteiger partial charge in [-0.3, -0.25) is 4.90 Å². The minimum atomic E-state index is -5.94. The van der Waals surface area contributed by atoms with Gasteiger partial charge in [0, 0.05) is 37.3 Å². The van der Waals surface area contributed by atoms with E-state index in [1.807, 2.05) is 19.1 Å². The number of aryl methyl sites for hydroxylation is 1. The van der Waals surface area contributed by atoms with E-state index in [1.54, 1.807) is 17.3 Å². The Morgan fingerprint density at radius 2 is 1.47 bits per heavy atom. The van der Waals surface area contributed by atoms with Crippen molar-refractivity contribution in [1.82, 2.24) is 9.21 Å². The van der Waals surface area contributed by atoms with Gasteiger partial charge in [-0.05, 0) is 48.4 Å². The van der Waals surface area contributed by atoms with E-state index in [0.717, 1.165) is 36.1 Å². The standard InChI is InChI=1S/C26H30F6N2O3S/c1-3-12-38(36,37)34-21-9-10-22(34)16-33(15-21)14-18-4-11-23(17(2)13-18)19-5-7-20(8-6-19)24(35,25(27,28)29)26(30,31)32/h4-8,11,13,21-22,35H,3,9-10,12,14-16H2,1-2H3. The monoisotopic (exact) mass is 564 g/mol. The van der Waals surface area contributed by atoms with Crippen LogP contribution in [0.4, 0.5) is 26.3 Å². The highest BCUT2D eigenvalue weighted by Gasteiger charge is 2.71. The van der Waals surface area contributed by atoms with E-state index in [1.165, 1.54) is 0 Å². The number of nitrogens with zero attached hydrogens (tertiary/aromatic N) is 2. The van der Waals surface area contributed by atoms with Gasteiger partial charge < -0.3 is 5.11 Å². The van der Waals surface area contributed by atoms with Crippen molar-refractivity contribution in [2.45, 2.75) is 69.7 Å². The SMILES string of the molecule is CCCS(=O)(=O)N1C2CCC1CN(Cc1ccc(-c3ccc(C(O)(C(F)(F)F)C(F)(F)F)cc3)c(C)c1)C2. The number of piperazine rings is 1. The van der Waals surface area contributed by atoms with Gasteiger partial charge in [-0.2, -0.15) is 30.6 Å². The van der Waals surface area contributed by atoms with Crippen molar-refractivity contribution in [3.8, 4) is 11.1 Å². The lowest BCUT2D eigenvalue weighted by Gasteiger charge is -2.40. The Balaban J connectivity index is 1.49. The van der Waals surface area contributed by atoms with Crippen LogP contribution >= 0.6 is 0 Å². The van der Waals surface area contributed by atoms with Gasteiger partial charge in [0.25, 0.3) is 5.60 Å². The van der Waals surface area contributed by atoms with Gasteiger partial charge in [-0.15, -0.1) is 0 Å². The summed E-state index contributed by atoms with van der Waals surface area (Å²) in [6, 6.07) is 8.98. The first kappa shape index (κ1) is 28.8. The molecule has 12 heteroatoms. The Hall–Kier alpha value is -2.15. The average molecular weight is 565 g/mol. The van der Waals surface area contributed by atoms with E-state index in [0.29, 0.717) is 49.3 Å². The molecule has 2 saturated heterocycles. The summed E-state index contributed by atoms with van der Waals surface area (Å²) in [5.41, 5.74) is -3.46. The molecule has 0 aliphatic carbocycles. The zero-order valence-electron chi connectivity index (χ0n) is 21.0. The molecule has 0 aromatic heterocycles. The van der Waals surface area contributed by atoms with Gasteiger partial charge >= 0.3 is 12.4 Å². The van der Waals surface area contributed by atoms with E-state index < -0.39 is 33.5 Å². The van der Waals surface area contributed by atoms with Crippen LogP contribution in [-0.4, -0.2) is 66.0 Å². The van der Waals surface area contributed by atoms with Crippen molar-refractivity contribution < 1.29 is 39.9 Å². The highest BCUT2D eigenvalue weighted by atomic mass is 32.2. The molecule has 5 nitrogen and oxygen atoms in total. The lowest BCUT2D eigenvalue weighted by Crippen LogP contribution is -2.55.